The van der Waals surface area contributed by atoms with Crippen LogP contribution >= 0.6 is 24.0 Å². The van der Waals surface area contributed by atoms with E-state index in [1.807, 2.05) is 7.05 Å². The van der Waals surface area contributed by atoms with E-state index >= 15 is 0 Å². The lowest BCUT2D eigenvalue weighted by Crippen LogP contribution is -2.54. The van der Waals surface area contributed by atoms with E-state index in [1.165, 1.54) is 0 Å². The third kappa shape index (κ3) is 6.19. The molecular weight excluding hydrogens is 447 g/mol. The van der Waals surface area contributed by atoms with Gasteiger partial charge in [-0.2, -0.15) is 0 Å². The summed E-state index contributed by atoms with van der Waals surface area (Å²) in [6.45, 7) is 10.1. The number of rotatable bonds is 6. The fraction of sp³-hybridized carbons (Fsp3) is 0.944. The van der Waals surface area contributed by atoms with E-state index in [-0.39, 0.29) is 29.6 Å². The van der Waals surface area contributed by atoms with Gasteiger partial charge in [-0.15, -0.1) is 24.0 Å². The van der Waals surface area contributed by atoms with Crippen molar-refractivity contribution in [2.75, 3.05) is 66.3 Å². The molecule has 0 aromatic carbocycles. The maximum atomic E-state index is 5.85. The van der Waals surface area contributed by atoms with E-state index in [2.05, 4.69) is 27.4 Å². The third-order valence-corrected chi connectivity index (χ3v) is 5.66. The number of nitrogens with one attached hydrogen (secondary N) is 2. The molecule has 0 amide bonds. The molecule has 0 aromatic heterocycles. The van der Waals surface area contributed by atoms with Gasteiger partial charge < -0.3 is 24.8 Å². The Morgan fingerprint density at radius 3 is 2.62 bits per heavy atom. The topological polar surface area (TPSA) is 67.4 Å². The van der Waals surface area contributed by atoms with Gasteiger partial charge in [0.05, 0.1) is 25.4 Å². The van der Waals surface area contributed by atoms with Gasteiger partial charge in [-0.3, -0.25) is 9.89 Å². The van der Waals surface area contributed by atoms with Crippen molar-refractivity contribution in [1.82, 2.24) is 15.5 Å². The Morgan fingerprint density at radius 2 is 2.00 bits per heavy atom. The molecule has 2 N–H and O–H groups in total. The highest BCUT2D eigenvalue weighted by molar-refractivity contribution is 14.0. The van der Waals surface area contributed by atoms with Gasteiger partial charge in [-0.25, -0.2) is 0 Å². The number of halogens is 1. The van der Waals surface area contributed by atoms with E-state index in [0.29, 0.717) is 12.0 Å². The van der Waals surface area contributed by atoms with Crippen LogP contribution in [0, 0.1) is 5.92 Å². The van der Waals surface area contributed by atoms with Crippen molar-refractivity contribution in [1.29, 1.82) is 0 Å². The summed E-state index contributed by atoms with van der Waals surface area (Å²) in [7, 11) is 1.83. The smallest absolute Gasteiger partial charge is 0.191 e. The van der Waals surface area contributed by atoms with Crippen molar-refractivity contribution >= 4 is 29.9 Å². The van der Waals surface area contributed by atoms with Crippen LogP contribution < -0.4 is 10.6 Å². The van der Waals surface area contributed by atoms with Crippen LogP contribution in [0.25, 0.3) is 0 Å². The van der Waals surface area contributed by atoms with Crippen molar-refractivity contribution in [3.63, 3.8) is 0 Å². The molecule has 3 aliphatic rings. The molecular formula is C18H35IN4O3. The SMILES string of the molecule is CN=C(NCC(C1CCOC1)N1CCOCC1)NCC1(C)CCCO1.I. The number of nitrogens with zero attached hydrogens (tertiary/aromatic N) is 2. The zero-order valence-corrected chi connectivity index (χ0v) is 18.5. The van der Waals surface area contributed by atoms with E-state index in [4.69, 9.17) is 14.2 Å². The number of hydrogen-bond donors (Lipinski definition) is 2. The molecule has 0 radical (unpaired) electrons. The summed E-state index contributed by atoms with van der Waals surface area (Å²) in [4.78, 5) is 6.93. The minimum absolute atomic E-state index is 0. The van der Waals surface area contributed by atoms with Crippen LogP contribution in [0.4, 0.5) is 0 Å². The number of aliphatic imine (C=N–C) groups is 1. The lowest BCUT2D eigenvalue weighted by molar-refractivity contribution is 0.00235. The van der Waals surface area contributed by atoms with Crippen molar-refractivity contribution in [3.8, 4) is 0 Å². The number of ether oxygens (including phenoxy) is 3. The molecule has 152 valence electrons. The van der Waals surface area contributed by atoms with Crippen molar-refractivity contribution in [2.24, 2.45) is 10.9 Å². The Bertz CT molecular complexity index is 434. The van der Waals surface area contributed by atoms with Gasteiger partial charge in [0, 0.05) is 58.4 Å². The zero-order chi connectivity index (χ0) is 17.5. The lowest BCUT2D eigenvalue weighted by atomic mass is 9.97. The summed E-state index contributed by atoms with van der Waals surface area (Å²) < 4.78 is 17.0. The third-order valence-electron chi connectivity index (χ3n) is 5.66. The maximum Gasteiger partial charge on any atom is 0.191 e. The Labute approximate surface area is 174 Å². The predicted octanol–water partition coefficient (Wildman–Crippen LogP) is 1.08. The van der Waals surface area contributed by atoms with Crippen LogP contribution in [0.15, 0.2) is 4.99 Å². The quantitative estimate of drug-likeness (QED) is 0.336. The van der Waals surface area contributed by atoms with E-state index in [1.54, 1.807) is 0 Å². The lowest BCUT2D eigenvalue weighted by Gasteiger charge is -2.37. The molecule has 3 rings (SSSR count). The van der Waals surface area contributed by atoms with Gasteiger partial charge in [0.25, 0.3) is 0 Å². The summed E-state index contributed by atoms with van der Waals surface area (Å²) >= 11 is 0. The second-order valence-electron chi connectivity index (χ2n) is 7.55. The number of morpholine rings is 1. The molecule has 7 nitrogen and oxygen atoms in total. The van der Waals surface area contributed by atoms with Gasteiger partial charge in [-0.1, -0.05) is 0 Å². The number of hydrogen-bond acceptors (Lipinski definition) is 5. The highest BCUT2D eigenvalue weighted by Gasteiger charge is 2.32. The maximum absolute atomic E-state index is 5.85. The van der Waals surface area contributed by atoms with Crippen LogP contribution in [0.3, 0.4) is 0 Å². The summed E-state index contributed by atoms with van der Waals surface area (Å²) in [5.74, 6) is 1.44. The monoisotopic (exact) mass is 482 g/mol. The first kappa shape index (κ1) is 22.1. The Kier molecular flexibility index (Phi) is 9.36. The van der Waals surface area contributed by atoms with Crippen molar-refractivity contribution in [3.05, 3.63) is 0 Å². The van der Waals surface area contributed by atoms with Crippen LogP contribution in [0.2, 0.25) is 0 Å². The fourth-order valence-electron chi connectivity index (χ4n) is 4.03. The van der Waals surface area contributed by atoms with Gasteiger partial charge in [-0.05, 0) is 26.2 Å². The van der Waals surface area contributed by atoms with Crippen LogP contribution in [0.5, 0.6) is 0 Å². The van der Waals surface area contributed by atoms with E-state index < -0.39 is 0 Å². The van der Waals surface area contributed by atoms with Gasteiger partial charge in [0.15, 0.2) is 5.96 Å². The second kappa shape index (κ2) is 11.0. The molecule has 3 aliphatic heterocycles. The fourth-order valence-corrected chi connectivity index (χ4v) is 4.03. The average Bonchev–Trinajstić information content (AvgIpc) is 3.31. The van der Waals surface area contributed by atoms with E-state index in [9.17, 15) is 0 Å². The van der Waals surface area contributed by atoms with Crippen LogP contribution in [-0.4, -0.2) is 88.8 Å². The van der Waals surface area contributed by atoms with Crippen LogP contribution in [0.1, 0.15) is 26.2 Å². The molecule has 26 heavy (non-hydrogen) atoms. The molecule has 3 saturated heterocycles. The van der Waals surface area contributed by atoms with Gasteiger partial charge >= 0.3 is 0 Å². The largest absolute Gasteiger partial charge is 0.381 e. The molecule has 0 spiro atoms. The second-order valence-corrected chi connectivity index (χ2v) is 7.55. The van der Waals surface area contributed by atoms with Gasteiger partial charge in [0.1, 0.15) is 0 Å². The van der Waals surface area contributed by atoms with Crippen molar-refractivity contribution < 1.29 is 14.2 Å². The molecule has 3 atom stereocenters. The summed E-state index contributed by atoms with van der Waals surface area (Å²) in [6, 6.07) is 0.461. The highest BCUT2D eigenvalue weighted by atomic mass is 127. The van der Waals surface area contributed by atoms with Crippen molar-refractivity contribution in [2.45, 2.75) is 37.8 Å². The first-order chi connectivity index (χ1) is 12.2. The highest BCUT2D eigenvalue weighted by Crippen LogP contribution is 2.24. The zero-order valence-electron chi connectivity index (χ0n) is 16.2. The minimum atomic E-state index is -0.0689. The average molecular weight is 482 g/mol. The Morgan fingerprint density at radius 1 is 1.19 bits per heavy atom. The predicted molar refractivity (Wildman–Crippen MR) is 113 cm³/mol. The molecule has 3 unspecified atom stereocenters. The summed E-state index contributed by atoms with van der Waals surface area (Å²) in [5, 5.41) is 6.97. The first-order valence-electron chi connectivity index (χ1n) is 9.68. The van der Waals surface area contributed by atoms with Gasteiger partial charge in [0.2, 0.25) is 0 Å². The first-order valence-corrected chi connectivity index (χ1v) is 9.68. The van der Waals surface area contributed by atoms with Crippen LogP contribution in [-0.2, 0) is 14.2 Å². The molecule has 8 heteroatoms. The summed E-state index contributed by atoms with van der Waals surface area (Å²) in [6.07, 6.45) is 3.39. The van der Waals surface area contributed by atoms with E-state index in [0.717, 1.165) is 84.4 Å². The molecule has 0 saturated carbocycles. The standard InChI is InChI=1S/C18H34N4O3.HI/c1-18(5-3-8-25-18)14-21-17(19-2)20-12-16(15-4-9-24-13-15)22-6-10-23-11-7-22;/h15-16H,3-14H2,1-2H3,(H2,19,20,21);1H. The molecule has 0 bridgehead atoms. The molecule has 3 heterocycles. The Balaban J connectivity index is 0.00000243. The minimum Gasteiger partial charge on any atom is -0.381 e. The molecule has 0 aromatic rings. The summed E-state index contributed by atoms with van der Waals surface area (Å²) in [5.41, 5.74) is -0.0689. The molecule has 0 aliphatic carbocycles. The normalized spacial score (nSPS) is 31.5. The molecule has 3 fully saturated rings. The Hall–Kier alpha value is -0.160. The number of guanidine groups is 1.